The zero-order valence-corrected chi connectivity index (χ0v) is 8.82. The van der Waals surface area contributed by atoms with E-state index in [-0.39, 0.29) is 23.2 Å². The monoisotopic (exact) mass is 227 g/mol. The van der Waals surface area contributed by atoms with Crippen LogP contribution in [0.2, 0.25) is 0 Å². The molecule has 0 heterocycles. The van der Waals surface area contributed by atoms with E-state index in [1.54, 1.807) is 0 Å². The van der Waals surface area contributed by atoms with Gasteiger partial charge in [0.25, 0.3) is 5.69 Å². The summed E-state index contributed by atoms with van der Waals surface area (Å²) in [5.74, 6) is -1.27. The van der Waals surface area contributed by atoms with Crippen LogP contribution in [-0.2, 0) is 16.0 Å². The molecule has 0 radical (unpaired) electrons. The molecule has 86 valence electrons. The maximum atomic E-state index is 13.3. The zero-order chi connectivity index (χ0) is 12.3. The molecule has 5 nitrogen and oxygen atoms in total. The summed E-state index contributed by atoms with van der Waals surface area (Å²) in [7, 11) is 1.20. The average Bonchev–Trinajstić information content (AvgIpc) is 2.22. The smallest absolute Gasteiger partial charge is 0.309 e. The van der Waals surface area contributed by atoms with E-state index in [1.165, 1.54) is 20.1 Å². The molecule has 1 rings (SSSR count). The third-order valence-electron chi connectivity index (χ3n) is 2.15. The van der Waals surface area contributed by atoms with Crippen molar-refractivity contribution in [3.05, 3.63) is 39.2 Å². The molecular formula is C10H10FNO4. The van der Waals surface area contributed by atoms with E-state index in [2.05, 4.69) is 4.74 Å². The number of nitro benzene ring substituents is 1. The van der Waals surface area contributed by atoms with Gasteiger partial charge in [0.1, 0.15) is 5.82 Å². The van der Waals surface area contributed by atoms with Gasteiger partial charge in [-0.25, -0.2) is 4.39 Å². The maximum absolute atomic E-state index is 13.3. The summed E-state index contributed by atoms with van der Waals surface area (Å²) in [5, 5.41) is 10.6. The summed E-state index contributed by atoms with van der Waals surface area (Å²) >= 11 is 0. The molecule has 0 aliphatic carbocycles. The van der Waals surface area contributed by atoms with Crippen LogP contribution in [0.3, 0.4) is 0 Å². The van der Waals surface area contributed by atoms with Gasteiger partial charge in [0, 0.05) is 6.07 Å². The predicted molar refractivity (Wildman–Crippen MR) is 53.5 cm³/mol. The van der Waals surface area contributed by atoms with Crippen molar-refractivity contribution in [1.29, 1.82) is 0 Å². The third-order valence-corrected chi connectivity index (χ3v) is 2.15. The summed E-state index contributed by atoms with van der Waals surface area (Å²) < 4.78 is 17.7. The van der Waals surface area contributed by atoms with Crippen molar-refractivity contribution in [2.24, 2.45) is 0 Å². The summed E-state index contributed by atoms with van der Waals surface area (Å²) in [6.07, 6.45) is -0.186. The van der Waals surface area contributed by atoms with Crippen LogP contribution in [0.5, 0.6) is 0 Å². The second kappa shape index (κ2) is 4.69. The first-order valence-corrected chi connectivity index (χ1v) is 4.46. The van der Waals surface area contributed by atoms with Gasteiger partial charge in [-0.05, 0) is 18.6 Å². The first-order valence-electron chi connectivity index (χ1n) is 4.46. The van der Waals surface area contributed by atoms with Crippen molar-refractivity contribution in [2.45, 2.75) is 13.3 Å². The number of rotatable bonds is 3. The van der Waals surface area contributed by atoms with E-state index in [9.17, 15) is 19.3 Å². The first kappa shape index (κ1) is 12.1. The van der Waals surface area contributed by atoms with Gasteiger partial charge in [0.15, 0.2) is 0 Å². The number of esters is 1. The number of methoxy groups -OCH3 is 1. The van der Waals surface area contributed by atoms with Gasteiger partial charge in [-0.2, -0.15) is 0 Å². The van der Waals surface area contributed by atoms with Crippen LogP contribution < -0.4 is 0 Å². The minimum atomic E-state index is -0.701. The molecule has 0 bridgehead atoms. The van der Waals surface area contributed by atoms with Crippen molar-refractivity contribution < 1.29 is 18.8 Å². The lowest BCUT2D eigenvalue weighted by molar-refractivity contribution is -0.385. The number of halogens is 1. The lowest BCUT2D eigenvalue weighted by Crippen LogP contribution is -2.06. The van der Waals surface area contributed by atoms with Crippen molar-refractivity contribution >= 4 is 11.7 Å². The Labute approximate surface area is 91.0 Å². The van der Waals surface area contributed by atoms with Gasteiger partial charge in [-0.3, -0.25) is 14.9 Å². The molecule has 0 fully saturated rings. The Morgan fingerprint density at radius 1 is 1.56 bits per heavy atom. The Hall–Kier alpha value is -1.98. The number of nitrogens with zero attached hydrogens (tertiary/aromatic N) is 1. The van der Waals surface area contributed by atoms with Crippen LogP contribution in [0.1, 0.15) is 11.1 Å². The maximum Gasteiger partial charge on any atom is 0.309 e. The SMILES string of the molecule is COC(=O)Cc1cc(F)c(C)c([N+](=O)[O-])c1. The normalized spacial score (nSPS) is 9.94. The van der Waals surface area contributed by atoms with E-state index >= 15 is 0 Å². The van der Waals surface area contributed by atoms with Crippen molar-refractivity contribution in [1.82, 2.24) is 0 Å². The number of ether oxygens (including phenoxy) is 1. The van der Waals surface area contributed by atoms with Gasteiger partial charge in [-0.1, -0.05) is 0 Å². The Morgan fingerprint density at radius 2 is 2.19 bits per heavy atom. The summed E-state index contributed by atoms with van der Waals surface area (Å²) in [6, 6.07) is 2.27. The van der Waals surface area contributed by atoms with Crippen molar-refractivity contribution in [3.8, 4) is 0 Å². The molecule has 0 atom stereocenters. The van der Waals surface area contributed by atoms with Gasteiger partial charge in [0.05, 0.1) is 24.0 Å². The summed E-state index contributed by atoms with van der Waals surface area (Å²) in [4.78, 5) is 20.9. The second-order valence-corrected chi connectivity index (χ2v) is 3.23. The molecule has 0 aliphatic rings. The van der Waals surface area contributed by atoms with Crippen LogP contribution in [-0.4, -0.2) is 18.0 Å². The number of carbonyl (C=O) groups is 1. The molecular weight excluding hydrogens is 217 g/mol. The molecule has 0 saturated carbocycles. The highest BCUT2D eigenvalue weighted by molar-refractivity contribution is 5.72. The molecule has 0 aliphatic heterocycles. The number of carbonyl (C=O) groups excluding carboxylic acids is 1. The van der Waals surface area contributed by atoms with E-state index < -0.39 is 16.7 Å². The third kappa shape index (κ3) is 2.53. The fraction of sp³-hybridized carbons (Fsp3) is 0.300. The lowest BCUT2D eigenvalue weighted by atomic mass is 10.1. The van der Waals surface area contributed by atoms with Crippen LogP contribution in [0.25, 0.3) is 0 Å². The lowest BCUT2D eigenvalue weighted by Gasteiger charge is -2.03. The predicted octanol–water partition coefficient (Wildman–Crippen LogP) is 1.76. The fourth-order valence-corrected chi connectivity index (χ4v) is 1.25. The topological polar surface area (TPSA) is 69.4 Å². The number of hydrogen-bond donors (Lipinski definition) is 0. The molecule has 0 saturated heterocycles. The fourth-order valence-electron chi connectivity index (χ4n) is 1.25. The van der Waals surface area contributed by atoms with E-state index in [4.69, 9.17) is 0 Å². The minimum absolute atomic E-state index is 0.0429. The summed E-state index contributed by atoms with van der Waals surface area (Å²) in [6.45, 7) is 1.31. The van der Waals surface area contributed by atoms with Crippen LogP contribution in [0.4, 0.5) is 10.1 Å². The van der Waals surface area contributed by atoms with Crippen molar-refractivity contribution in [3.63, 3.8) is 0 Å². The molecule has 0 spiro atoms. The van der Waals surface area contributed by atoms with E-state index in [0.29, 0.717) is 0 Å². The van der Waals surface area contributed by atoms with Crippen LogP contribution in [0.15, 0.2) is 12.1 Å². The molecule has 0 amide bonds. The minimum Gasteiger partial charge on any atom is -0.469 e. The molecule has 6 heteroatoms. The van der Waals surface area contributed by atoms with Gasteiger partial charge in [0.2, 0.25) is 0 Å². The highest BCUT2D eigenvalue weighted by Gasteiger charge is 2.17. The van der Waals surface area contributed by atoms with Gasteiger partial charge in [-0.15, -0.1) is 0 Å². The summed E-state index contributed by atoms with van der Waals surface area (Å²) in [5.41, 5.74) is -0.154. The average molecular weight is 227 g/mol. The molecule has 0 unspecified atom stereocenters. The first-order chi connectivity index (χ1) is 7.45. The Bertz CT molecular complexity index is 445. The quantitative estimate of drug-likeness (QED) is 0.448. The number of nitro groups is 1. The molecule has 0 N–H and O–H groups in total. The van der Waals surface area contributed by atoms with Gasteiger partial charge >= 0.3 is 5.97 Å². The van der Waals surface area contributed by atoms with Crippen LogP contribution in [0, 0.1) is 22.9 Å². The number of hydrogen-bond acceptors (Lipinski definition) is 4. The van der Waals surface area contributed by atoms with E-state index in [0.717, 1.165) is 6.07 Å². The second-order valence-electron chi connectivity index (χ2n) is 3.23. The molecule has 1 aromatic carbocycles. The molecule has 1 aromatic rings. The molecule has 16 heavy (non-hydrogen) atoms. The van der Waals surface area contributed by atoms with Crippen molar-refractivity contribution in [2.75, 3.05) is 7.11 Å². The Kier molecular flexibility index (Phi) is 3.55. The zero-order valence-electron chi connectivity index (χ0n) is 8.82. The Balaban J connectivity index is 3.14. The molecule has 0 aromatic heterocycles. The highest BCUT2D eigenvalue weighted by atomic mass is 19.1. The van der Waals surface area contributed by atoms with E-state index in [1.807, 2.05) is 0 Å². The standard InChI is InChI=1S/C10H10FNO4/c1-6-8(11)3-7(5-10(13)16-2)4-9(6)12(14)15/h3-4H,5H2,1-2H3. The largest absolute Gasteiger partial charge is 0.469 e. The Morgan fingerprint density at radius 3 is 2.69 bits per heavy atom. The van der Waals surface area contributed by atoms with Gasteiger partial charge < -0.3 is 4.74 Å². The highest BCUT2D eigenvalue weighted by Crippen LogP contribution is 2.23. The number of benzene rings is 1. The van der Waals surface area contributed by atoms with Crippen LogP contribution >= 0.6 is 0 Å².